The van der Waals surface area contributed by atoms with Crippen molar-refractivity contribution in [3.63, 3.8) is 0 Å². The van der Waals surface area contributed by atoms with E-state index in [1.807, 2.05) is 49.4 Å². The third-order valence-electron chi connectivity index (χ3n) is 4.55. The number of hydrogen-bond acceptors (Lipinski definition) is 3. The minimum atomic E-state index is -0.521. The lowest BCUT2D eigenvalue weighted by Crippen LogP contribution is -2.48. The second-order valence-electron chi connectivity index (χ2n) is 6.56. The van der Waals surface area contributed by atoms with Crippen molar-refractivity contribution in [3.05, 3.63) is 64.1 Å². The minimum absolute atomic E-state index is 0.0444. The molecule has 0 saturated carbocycles. The predicted octanol–water partition coefficient (Wildman–Crippen LogP) is 5.42. The zero-order valence-corrected chi connectivity index (χ0v) is 19.0. The van der Waals surface area contributed by atoms with E-state index >= 15 is 0 Å². The van der Waals surface area contributed by atoms with Gasteiger partial charge in [-0.1, -0.05) is 48.3 Å². The smallest absolute Gasteiger partial charge is 0.242 e. The molecule has 2 rings (SSSR count). The highest BCUT2D eigenvalue weighted by Gasteiger charge is 2.28. The standard InChI is InChI=1S/C22H26Cl2N2O2S/c1-3-20(22(28)25-2)26(15-16-7-4-5-8-19(16)24)21(27)9-6-14-29-18-12-10-17(23)11-13-18/h4-5,7-8,10-13,20H,3,6,9,14-15H2,1-2H3,(H,25,28)/t20-/m1/s1. The van der Waals surface area contributed by atoms with Crippen LogP contribution < -0.4 is 5.32 Å². The molecule has 0 aliphatic carbocycles. The molecule has 4 nitrogen and oxygen atoms in total. The van der Waals surface area contributed by atoms with E-state index in [1.165, 1.54) is 0 Å². The Kier molecular flexibility index (Phi) is 9.85. The first kappa shape index (κ1) is 23.6. The number of amides is 2. The molecule has 0 heterocycles. The predicted molar refractivity (Wildman–Crippen MR) is 122 cm³/mol. The summed E-state index contributed by atoms with van der Waals surface area (Å²) in [5.74, 6) is 0.602. The Balaban J connectivity index is 2.02. The molecule has 2 aromatic rings. The van der Waals surface area contributed by atoms with E-state index < -0.39 is 6.04 Å². The zero-order valence-electron chi connectivity index (χ0n) is 16.7. The SMILES string of the molecule is CC[C@H](C(=O)NC)N(Cc1ccccc1Cl)C(=O)CCCSc1ccc(Cl)cc1. The van der Waals surface area contributed by atoms with E-state index in [-0.39, 0.29) is 11.8 Å². The van der Waals surface area contributed by atoms with Crippen molar-refractivity contribution in [2.75, 3.05) is 12.8 Å². The molecule has 0 aromatic heterocycles. The molecule has 2 amide bonds. The summed E-state index contributed by atoms with van der Waals surface area (Å²) in [6.45, 7) is 2.22. The van der Waals surface area contributed by atoms with Crippen molar-refractivity contribution >= 4 is 46.8 Å². The first-order valence-corrected chi connectivity index (χ1v) is 11.3. The molecule has 0 aliphatic rings. The van der Waals surface area contributed by atoms with Crippen molar-refractivity contribution in [2.45, 2.75) is 43.7 Å². The topological polar surface area (TPSA) is 49.4 Å². The van der Waals surface area contributed by atoms with Crippen molar-refractivity contribution in [1.29, 1.82) is 0 Å². The van der Waals surface area contributed by atoms with E-state index in [4.69, 9.17) is 23.2 Å². The molecule has 1 atom stereocenters. The van der Waals surface area contributed by atoms with Crippen LogP contribution in [0, 0.1) is 0 Å². The molecule has 156 valence electrons. The summed E-state index contributed by atoms with van der Waals surface area (Å²) in [7, 11) is 1.59. The van der Waals surface area contributed by atoms with Gasteiger partial charge >= 0.3 is 0 Å². The van der Waals surface area contributed by atoms with Crippen LogP contribution in [0.3, 0.4) is 0 Å². The highest BCUT2D eigenvalue weighted by atomic mass is 35.5. The molecule has 7 heteroatoms. The Morgan fingerprint density at radius 1 is 1.10 bits per heavy atom. The van der Waals surface area contributed by atoms with Crippen LogP contribution in [0.15, 0.2) is 53.4 Å². The maximum absolute atomic E-state index is 13.0. The van der Waals surface area contributed by atoms with E-state index in [0.717, 1.165) is 22.6 Å². The second-order valence-corrected chi connectivity index (χ2v) is 8.57. The molecule has 0 spiro atoms. The van der Waals surface area contributed by atoms with Crippen LogP contribution in [0.25, 0.3) is 0 Å². The summed E-state index contributed by atoms with van der Waals surface area (Å²) < 4.78 is 0. The van der Waals surface area contributed by atoms with Crippen LogP contribution in [0.1, 0.15) is 31.7 Å². The largest absolute Gasteiger partial charge is 0.357 e. The fourth-order valence-corrected chi connectivity index (χ4v) is 4.16. The molecular formula is C22H26Cl2N2O2S. The van der Waals surface area contributed by atoms with Crippen molar-refractivity contribution in [1.82, 2.24) is 10.2 Å². The lowest BCUT2D eigenvalue weighted by molar-refractivity contribution is -0.141. The quantitative estimate of drug-likeness (QED) is 0.386. The summed E-state index contributed by atoms with van der Waals surface area (Å²) in [6.07, 6.45) is 1.63. The van der Waals surface area contributed by atoms with Crippen molar-refractivity contribution < 1.29 is 9.59 Å². The fraction of sp³-hybridized carbons (Fsp3) is 0.364. The monoisotopic (exact) mass is 452 g/mol. The number of halogens is 2. The zero-order chi connectivity index (χ0) is 21.2. The molecule has 29 heavy (non-hydrogen) atoms. The number of benzene rings is 2. The van der Waals surface area contributed by atoms with Gasteiger partial charge in [-0.25, -0.2) is 0 Å². The molecule has 2 aromatic carbocycles. The van der Waals surface area contributed by atoms with Gasteiger partial charge in [0.25, 0.3) is 0 Å². The van der Waals surface area contributed by atoms with Gasteiger partial charge in [0.1, 0.15) is 6.04 Å². The number of carbonyl (C=O) groups excluding carboxylic acids is 2. The number of carbonyl (C=O) groups is 2. The van der Waals surface area contributed by atoms with E-state index in [1.54, 1.807) is 29.8 Å². The molecule has 0 unspecified atom stereocenters. The summed E-state index contributed by atoms with van der Waals surface area (Å²) >= 11 is 13.9. The summed E-state index contributed by atoms with van der Waals surface area (Å²) in [6, 6.07) is 14.5. The van der Waals surface area contributed by atoms with Gasteiger partial charge in [-0.3, -0.25) is 9.59 Å². The third-order valence-corrected chi connectivity index (χ3v) is 6.27. The van der Waals surface area contributed by atoms with E-state index in [2.05, 4.69) is 5.32 Å². The highest BCUT2D eigenvalue weighted by Crippen LogP contribution is 2.23. The van der Waals surface area contributed by atoms with Crippen LogP contribution >= 0.6 is 35.0 Å². The molecule has 0 fully saturated rings. The first-order chi connectivity index (χ1) is 14.0. The van der Waals surface area contributed by atoms with Crippen molar-refractivity contribution in [2.24, 2.45) is 0 Å². The first-order valence-electron chi connectivity index (χ1n) is 9.59. The Bertz CT molecular complexity index is 815. The lowest BCUT2D eigenvalue weighted by atomic mass is 10.1. The van der Waals surface area contributed by atoms with Crippen LogP contribution in [0.4, 0.5) is 0 Å². The Morgan fingerprint density at radius 2 is 1.79 bits per heavy atom. The fourth-order valence-electron chi connectivity index (χ4n) is 2.98. The van der Waals surface area contributed by atoms with Crippen LogP contribution in [0.2, 0.25) is 10.0 Å². The highest BCUT2D eigenvalue weighted by molar-refractivity contribution is 7.99. The minimum Gasteiger partial charge on any atom is -0.357 e. The molecule has 0 bridgehead atoms. The van der Waals surface area contributed by atoms with Crippen LogP contribution in [-0.4, -0.2) is 35.6 Å². The van der Waals surface area contributed by atoms with Gasteiger partial charge in [0.2, 0.25) is 11.8 Å². The average molecular weight is 453 g/mol. The maximum Gasteiger partial charge on any atom is 0.242 e. The van der Waals surface area contributed by atoms with Gasteiger partial charge in [-0.05, 0) is 54.5 Å². The molecule has 0 aliphatic heterocycles. The van der Waals surface area contributed by atoms with Gasteiger partial charge in [0.15, 0.2) is 0 Å². The number of rotatable bonds is 10. The van der Waals surface area contributed by atoms with E-state index in [9.17, 15) is 9.59 Å². The molecule has 0 saturated heterocycles. The number of hydrogen-bond donors (Lipinski definition) is 1. The summed E-state index contributed by atoms with van der Waals surface area (Å²) in [4.78, 5) is 28.1. The number of nitrogens with one attached hydrogen (secondary N) is 1. The maximum atomic E-state index is 13.0. The normalized spacial score (nSPS) is 11.7. The average Bonchev–Trinajstić information content (AvgIpc) is 2.73. The van der Waals surface area contributed by atoms with Gasteiger partial charge in [0, 0.05) is 35.0 Å². The molecular weight excluding hydrogens is 427 g/mol. The van der Waals surface area contributed by atoms with Gasteiger partial charge in [-0.15, -0.1) is 11.8 Å². The Morgan fingerprint density at radius 3 is 2.41 bits per heavy atom. The number of likely N-dealkylation sites (N-methyl/N-ethyl adjacent to an activating group) is 1. The van der Waals surface area contributed by atoms with Crippen LogP contribution in [0.5, 0.6) is 0 Å². The molecule has 0 radical (unpaired) electrons. The summed E-state index contributed by atoms with van der Waals surface area (Å²) in [5.41, 5.74) is 0.834. The lowest BCUT2D eigenvalue weighted by Gasteiger charge is -2.30. The van der Waals surface area contributed by atoms with Crippen molar-refractivity contribution in [3.8, 4) is 0 Å². The second kappa shape index (κ2) is 12.1. The van der Waals surface area contributed by atoms with Gasteiger partial charge in [-0.2, -0.15) is 0 Å². The van der Waals surface area contributed by atoms with E-state index in [0.29, 0.717) is 29.4 Å². The summed E-state index contributed by atoms with van der Waals surface area (Å²) in [5, 5.41) is 3.97. The number of thioether (sulfide) groups is 1. The Hall–Kier alpha value is -1.69. The molecule has 1 N–H and O–H groups in total. The van der Waals surface area contributed by atoms with Gasteiger partial charge < -0.3 is 10.2 Å². The van der Waals surface area contributed by atoms with Gasteiger partial charge in [0.05, 0.1) is 0 Å². The van der Waals surface area contributed by atoms with Crippen LogP contribution in [-0.2, 0) is 16.1 Å². The number of nitrogens with zero attached hydrogens (tertiary/aromatic N) is 1. The Labute approximate surface area is 187 Å². The third kappa shape index (κ3) is 7.25.